The van der Waals surface area contributed by atoms with Gasteiger partial charge in [0, 0.05) is 37.3 Å². The largest absolute Gasteiger partial charge is 0.488 e. The van der Waals surface area contributed by atoms with Crippen molar-refractivity contribution in [1.29, 1.82) is 0 Å². The van der Waals surface area contributed by atoms with Gasteiger partial charge in [-0.3, -0.25) is 10.2 Å². The Balaban J connectivity index is 1.43. The number of ether oxygens (including phenoxy) is 2. The lowest BCUT2D eigenvalue weighted by Gasteiger charge is -2.30. The van der Waals surface area contributed by atoms with E-state index in [1.54, 1.807) is 6.07 Å². The molecule has 39 heavy (non-hydrogen) atoms. The summed E-state index contributed by atoms with van der Waals surface area (Å²) in [5, 5.41) is 2.70. The molecule has 3 N–H and O–H groups in total. The lowest BCUT2D eigenvalue weighted by atomic mass is 9.92. The maximum atomic E-state index is 14.1. The zero-order valence-corrected chi connectivity index (χ0v) is 21.7. The van der Waals surface area contributed by atoms with Gasteiger partial charge in [-0.1, -0.05) is 30.3 Å². The van der Waals surface area contributed by atoms with Gasteiger partial charge in [0.2, 0.25) is 5.95 Å². The second-order valence-electron chi connectivity index (χ2n) is 9.95. The van der Waals surface area contributed by atoms with E-state index in [0.717, 1.165) is 58.5 Å². The second-order valence-corrected chi connectivity index (χ2v) is 9.95. The number of carbonyl (C=O) groups excluding carboxylic acids is 1. The van der Waals surface area contributed by atoms with Crippen LogP contribution in [-0.2, 0) is 11.3 Å². The number of hydrogen-bond donors (Lipinski definition) is 2. The second kappa shape index (κ2) is 10.5. The number of imidazole rings is 1. The number of nitrogens with one attached hydrogen (secondary N) is 1. The topological polar surface area (TPSA) is 94.6 Å². The Bertz CT molecular complexity index is 1570. The molecule has 1 aromatic heterocycles. The fourth-order valence-electron chi connectivity index (χ4n) is 5.46. The summed E-state index contributed by atoms with van der Waals surface area (Å²) >= 11 is 0. The third-order valence-electron chi connectivity index (χ3n) is 7.25. The van der Waals surface area contributed by atoms with Crippen molar-refractivity contribution < 1.29 is 18.7 Å². The van der Waals surface area contributed by atoms with Crippen LogP contribution in [0.5, 0.6) is 5.75 Å². The predicted octanol–water partition coefficient (Wildman–Crippen LogP) is 5.04. The molecular weight excluding hydrogens is 497 g/mol. The molecule has 1 fully saturated rings. The standard InChI is InChI=1S/C30H30FN5O3/c1-19(17-35-10-12-38-13-11-35)36-27-9-6-20(15-26(27)33-30(36)34-29(32)37)14-25-23-5-3-2-4-21(23)18-39-28-16-22(31)7-8-24(25)28/h2-9,14-16,19H,10-13,17-18H2,1H3,(H3,32,33,34,37). The van der Waals surface area contributed by atoms with Crippen LogP contribution in [0.25, 0.3) is 22.7 Å². The zero-order valence-electron chi connectivity index (χ0n) is 21.7. The van der Waals surface area contributed by atoms with E-state index in [1.807, 2.05) is 41.0 Å². The summed E-state index contributed by atoms with van der Waals surface area (Å²) in [6, 6.07) is 18.1. The smallest absolute Gasteiger partial charge is 0.318 e. The highest BCUT2D eigenvalue weighted by Crippen LogP contribution is 2.38. The quantitative estimate of drug-likeness (QED) is 0.379. The van der Waals surface area contributed by atoms with Gasteiger partial charge in [0.05, 0.1) is 24.2 Å². The first-order valence-corrected chi connectivity index (χ1v) is 13.1. The van der Waals surface area contributed by atoms with Crippen LogP contribution in [0.15, 0.2) is 60.7 Å². The van der Waals surface area contributed by atoms with E-state index in [4.69, 9.17) is 20.2 Å². The fraction of sp³-hybridized carbons (Fsp3) is 0.267. The van der Waals surface area contributed by atoms with Gasteiger partial charge < -0.3 is 19.8 Å². The number of anilines is 1. The molecule has 0 aliphatic carbocycles. The minimum absolute atomic E-state index is 0.0341. The molecule has 0 spiro atoms. The summed E-state index contributed by atoms with van der Waals surface area (Å²) in [5.41, 5.74) is 11.9. The zero-order chi connectivity index (χ0) is 26.9. The minimum atomic E-state index is -0.661. The minimum Gasteiger partial charge on any atom is -0.488 e. The molecule has 1 saturated heterocycles. The van der Waals surface area contributed by atoms with Crippen LogP contribution in [0, 0.1) is 5.82 Å². The van der Waals surface area contributed by atoms with Gasteiger partial charge in [0.25, 0.3) is 0 Å². The first kappa shape index (κ1) is 25.1. The number of urea groups is 1. The Morgan fingerprint density at radius 2 is 1.95 bits per heavy atom. The number of morpholine rings is 1. The molecule has 0 saturated carbocycles. The fourth-order valence-corrected chi connectivity index (χ4v) is 5.46. The molecule has 6 rings (SSSR count). The summed E-state index contributed by atoms with van der Waals surface area (Å²) in [6.07, 6.45) is 2.07. The monoisotopic (exact) mass is 527 g/mol. The van der Waals surface area contributed by atoms with Crippen molar-refractivity contribution >= 4 is 34.7 Å². The van der Waals surface area contributed by atoms with Crippen molar-refractivity contribution in [1.82, 2.24) is 14.5 Å². The summed E-state index contributed by atoms with van der Waals surface area (Å²) in [7, 11) is 0. The van der Waals surface area contributed by atoms with E-state index < -0.39 is 6.03 Å². The number of nitrogens with two attached hydrogens (primary N) is 1. The van der Waals surface area contributed by atoms with E-state index in [9.17, 15) is 9.18 Å². The van der Waals surface area contributed by atoms with Gasteiger partial charge in [-0.25, -0.2) is 14.2 Å². The Kier molecular flexibility index (Phi) is 6.76. The highest BCUT2D eigenvalue weighted by molar-refractivity contribution is 5.96. The summed E-state index contributed by atoms with van der Waals surface area (Å²) in [5.74, 6) is 0.580. The van der Waals surface area contributed by atoms with Crippen molar-refractivity contribution in [3.8, 4) is 5.75 Å². The number of primary amides is 1. The SMILES string of the molecule is CC(CN1CCOCC1)n1c(NC(N)=O)nc2cc(C=C3c4ccccc4COc4cc(F)ccc43)ccc21. The number of nitrogens with zero attached hydrogens (tertiary/aromatic N) is 3. The summed E-state index contributed by atoms with van der Waals surface area (Å²) in [4.78, 5) is 18.9. The van der Waals surface area contributed by atoms with Crippen LogP contribution in [-0.4, -0.2) is 53.3 Å². The third-order valence-corrected chi connectivity index (χ3v) is 7.25. The highest BCUT2D eigenvalue weighted by Gasteiger charge is 2.22. The predicted molar refractivity (Wildman–Crippen MR) is 149 cm³/mol. The van der Waals surface area contributed by atoms with Gasteiger partial charge in [-0.2, -0.15) is 0 Å². The van der Waals surface area contributed by atoms with Crippen LogP contribution >= 0.6 is 0 Å². The molecule has 0 bridgehead atoms. The van der Waals surface area contributed by atoms with E-state index in [2.05, 4.69) is 29.3 Å². The molecule has 1 unspecified atom stereocenters. The first-order chi connectivity index (χ1) is 19.0. The van der Waals surface area contributed by atoms with Crippen LogP contribution in [0.2, 0.25) is 0 Å². The highest BCUT2D eigenvalue weighted by atomic mass is 19.1. The molecule has 2 amide bonds. The normalized spacial score (nSPS) is 17.2. The van der Waals surface area contributed by atoms with E-state index in [0.29, 0.717) is 31.5 Å². The number of carbonyl (C=O) groups is 1. The molecule has 9 heteroatoms. The van der Waals surface area contributed by atoms with Crippen molar-refractivity contribution in [2.45, 2.75) is 19.6 Å². The third kappa shape index (κ3) is 5.10. The molecule has 0 radical (unpaired) electrons. The molecule has 1 atom stereocenters. The number of amides is 2. The maximum absolute atomic E-state index is 14.1. The molecule has 2 aliphatic rings. The Labute approximate surface area is 225 Å². The number of benzene rings is 3. The lowest BCUT2D eigenvalue weighted by molar-refractivity contribution is 0.0329. The number of aromatic nitrogens is 2. The molecule has 3 aromatic carbocycles. The Morgan fingerprint density at radius 3 is 2.77 bits per heavy atom. The van der Waals surface area contributed by atoms with Crippen LogP contribution < -0.4 is 15.8 Å². The molecule has 2 aliphatic heterocycles. The molecule has 4 aromatic rings. The van der Waals surface area contributed by atoms with Crippen molar-refractivity contribution in [2.75, 3.05) is 38.2 Å². The molecule has 8 nitrogen and oxygen atoms in total. The van der Waals surface area contributed by atoms with Gasteiger partial charge in [0.15, 0.2) is 0 Å². The average Bonchev–Trinajstić information content (AvgIpc) is 3.20. The lowest BCUT2D eigenvalue weighted by Crippen LogP contribution is -2.39. The van der Waals surface area contributed by atoms with Gasteiger partial charge in [0.1, 0.15) is 18.2 Å². The maximum Gasteiger partial charge on any atom is 0.318 e. The van der Waals surface area contributed by atoms with Crippen LogP contribution in [0.4, 0.5) is 15.1 Å². The Morgan fingerprint density at radius 1 is 1.13 bits per heavy atom. The summed E-state index contributed by atoms with van der Waals surface area (Å²) in [6.45, 7) is 6.41. The number of rotatable bonds is 5. The number of halogens is 1. The average molecular weight is 528 g/mol. The van der Waals surface area contributed by atoms with Crippen molar-refractivity contribution in [3.63, 3.8) is 0 Å². The van der Waals surface area contributed by atoms with Crippen molar-refractivity contribution in [3.05, 3.63) is 88.7 Å². The first-order valence-electron chi connectivity index (χ1n) is 13.1. The number of fused-ring (bicyclic) bond motifs is 3. The van der Waals surface area contributed by atoms with Gasteiger partial charge in [-0.15, -0.1) is 0 Å². The van der Waals surface area contributed by atoms with E-state index in [1.165, 1.54) is 12.1 Å². The molecule has 3 heterocycles. The van der Waals surface area contributed by atoms with Crippen LogP contribution in [0.3, 0.4) is 0 Å². The van der Waals surface area contributed by atoms with Crippen molar-refractivity contribution in [2.24, 2.45) is 5.73 Å². The van der Waals surface area contributed by atoms with E-state index in [-0.39, 0.29) is 11.9 Å². The number of hydrogen-bond acceptors (Lipinski definition) is 5. The molecule has 200 valence electrons. The van der Waals surface area contributed by atoms with Crippen LogP contribution in [0.1, 0.15) is 35.2 Å². The molecular formula is C30H30FN5O3. The van der Waals surface area contributed by atoms with E-state index >= 15 is 0 Å². The summed E-state index contributed by atoms with van der Waals surface area (Å²) < 4.78 is 27.6. The Hall–Kier alpha value is -4.21. The van der Waals surface area contributed by atoms with Gasteiger partial charge in [-0.05, 0) is 59.5 Å². The van der Waals surface area contributed by atoms with Gasteiger partial charge >= 0.3 is 6.03 Å².